The van der Waals surface area contributed by atoms with E-state index in [1.165, 1.54) is 20.2 Å². The minimum absolute atomic E-state index is 0.661. The Balaban J connectivity index is 1.18. The highest BCUT2D eigenvalue weighted by Gasteiger charge is 2.16. The van der Waals surface area contributed by atoms with Gasteiger partial charge in [-0.05, 0) is 29.8 Å². The third kappa shape index (κ3) is 4.09. The maximum atomic E-state index is 6.35. The summed E-state index contributed by atoms with van der Waals surface area (Å²) in [6.07, 6.45) is 0. The average molecular weight is 582 g/mol. The van der Waals surface area contributed by atoms with E-state index in [2.05, 4.69) is 66.7 Å². The third-order valence-electron chi connectivity index (χ3n) is 8.14. The summed E-state index contributed by atoms with van der Waals surface area (Å²) in [4.78, 5) is 14.7. The number of aromatic nitrogens is 3. The van der Waals surface area contributed by atoms with Gasteiger partial charge in [-0.25, -0.2) is 15.0 Å². The molecule has 0 spiro atoms. The molecule has 9 aromatic rings. The van der Waals surface area contributed by atoms with Crippen molar-refractivity contribution in [1.82, 2.24) is 15.0 Å². The summed E-state index contributed by atoms with van der Waals surface area (Å²) in [5.74, 6) is 1.99. The quantitative estimate of drug-likeness (QED) is 0.207. The predicted octanol–water partition coefficient (Wildman–Crippen LogP) is 10.8. The molecular formula is C39H23N3OS. The van der Waals surface area contributed by atoms with Crippen LogP contribution in [0.2, 0.25) is 0 Å². The minimum Gasteiger partial charge on any atom is -0.455 e. The molecule has 0 bridgehead atoms. The van der Waals surface area contributed by atoms with E-state index in [1.807, 2.05) is 72.8 Å². The molecule has 0 aliphatic carbocycles. The van der Waals surface area contributed by atoms with Gasteiger partial charge in [-0.3, -0.25) is 0 Å². The lowest BCUT2D eigenvalue weighted by atomic mass is 10.00. The van der Waals surface area contributed by atoms with Gasteiger partial charge in [0.05, 0.1) is 0 Å². The van der Waals surface area contributed by atoms with E-state index >= 15 is 0 Å². The van der Waals surface area contributed by atoms with Gasteiger partial charge in [0, 0.05) is 53.2 Å². The smallest absolute Gasteiger partial charge is 0.164 e. The Kier molecular flexibility index (Phi) is 5.64. The molecule has 44 heavy (non-hydrogen) atoms. The lowest BCUT2D eigenvalue weighted by Crippen LogP contribution is -1.99. The standard InChI is InChI=1S/C39H23N3OS/c1-3-10-24(11-4-1)37-40-38(25-12-5-2-6-13-25)42-39(41-37)27-18-20-30-32-22-26(19-21-34(32)44-35(30)23-27)28-15-9-16-31-29-14-7-8-17-33(29)43-36(28)31/h1-23H. The fourth-order valence-electron chi connectivity index (χ4n) is 6.00. The molecule has 0 unspecified atom stereocenters. The first-order chi connectivity index (χ1) is 21.8. The van der Waals surface area contributed by atoms with Crippen molar-refractivity contribution < 1.29 is 4.42 Å². The second kappa shape index (κ2) is 9.97. The monoisotopic (exact) mass is 581 g/mol. The molecule has 0 radical (unpaired) electrons. The summed E-state index contributed by atoms with van der Waals surface area (Å²) in [7, 11) is 0. The number of benzene rings is 6. The fourth-order valence-corrected chi connectivity index (χ4v) is 7.12. The van der Waals surface area contributed by atoms with Gasteiger partial charge in [-0.1, -0.05) is 115 Å². The zero-order valence-corrected chi connectivity index (χ0v) is 24.3. The summed E-state index contributed by atoms with van der Waals surface area (Å²) in [5.41, 5.74) is 6.97. The zero-order valence-electron chi connectivity index (χ0n) is 23.4. The van der Waals surface area contributed by atoms with Crippen LogP contribution < -0.4 is 0 Å². The predicted molar refractivity (Wildman–Crippen MR) is 182 cm³/mol. The molecule has 6 aromatic carbocycles. The molecule has 0 aliphatic heterocycles. The highest BCUT2D eigenvalue weighted by Crippen LogP contribution is 2.41. The van der Waals surface area contributed by atoms with Gasteiger partial charge in [0.1, 0.15) is 11.2 Å². The molecule has 0 fully saturated rings. The number of nitrogens with zero attached hydrogens (tertiary/aromatic N) is 3. The maximum absolute atomic E-state index is 6.35. The number of fused-ring (bicyclic) bond motifs is 6. The number of furan rings is 1. The van der Waals surface area contributed by atoms with E-state index in [0.717, 1.165) is 49.8 Å². The van der Waals surface area contributed by atoms with Crippen LogP contribution in [0.1, 0.15) is 0 Å². The summed E-state index contributed by atoms with van der Waals surface area (Å²) in [5, 5.41) is 4.73. The molecule has 9 rings (SSSR count). The third-order valence-corrected chi connectivity index (χ3v) is 9.28. The average Bonchev–Trinajstić information content (AvgIpc) is 3.66. The van der Waals surface area contributed by atoms with Crippen LogP contribution in [-0.2, 0) is 0 Å². The van der Waals surface area contributed by atoms with Crippen molar-refractivity contribution in [1.29, 1.82) is 0 Å². The summed E-state index contributed by atoms with van der Waals surface area (Å²) in [6.45, 7) is 0. The van der Waals surface area contributed by atoms with Crippen LogP contribution in [0, 0.1) is 0 Å². The van der Waals surface area contributed by atoms with Gasteiger partial charge in [-0.2, -0.15) is 0 Å². The van der Waals surface area contributed by atoms with Gasteiger partial charge < -0.3 is 4.42 Å². The molecule has 0 amide bonds. The van der Waals surface area contributed by atoms with Crippen molar-refractivity contribution in [3.8, 4) is 45.3 Å². The lowest BCUT2D eigenvalue weighted by molar-refractivity contribution is 0.670. The van der Waals surface area contributed by atoms with Gasteiger partial charge >= 0.3 is 0 Å². The van der Waals surface area contributed by atoms with Crippen molar-refractivity contribution in [2.24, 2.45) is 0 Å². The van der Waals surface area contributed by atoms with Crippen LogP contribution in [0.5, 0.6) is 0 Å². The Labute approximate surface area is 256 Å². The Morgan fingerprint density at radius 3 is 1.80 bits per heavy atom. The van der Waals surface area contributed by atoms with E-state index in [0.29, 0.717) is 17.5 Å². The van der Waals surface area contributed by atoms with Crippen molar-refractivity contribution in [2.75, 3.05) is 0 Å². The van der Waals surface area contributed by atoms with Crippen molar-refractivity contribution >= 4 is 53.4 Å². The first-order valence-electron chi connectivity index (χ1n) is 14.5. The van der Waals surface area contributed by atoms with E-state index in [4.69, 9.17) is 19.4 Å². The number of thiophene rings is 1. The minimum atomic E-state index is 0.661. The highest BCUT2D eigenvalue weighted by molar-refractivity contribution is 7.25. The lowest BCUT2D eigenvalue weighted by Gasteiger charge is -2.08. The topological polar surface area (TPSA) is 51.8 Å². The number of hydrogen-bond acceptors (Lipinski definition) is 5. The second-order valence-corrected chi connectivity index (χ2v) is 11.9. The number of rotatable bonds is 4. The van der Waals surface area contributed by atoms with Crippen LogP contribution in [0.3, 0.4) is 0 Å². The van der Waals surface area contributed by atoms with Crippen LogP contribution >= 0.6 is 11.3 Å². The molecule has 5 heteroatoms. The molecule has 3 heterocycles. The fraction of sp³-hybridized carbons (Fsp3) is 0. The van der Waals surface area contributed by atoms with Crippen LogP contribution in [0.25, 0.3) is 87.4 Å². The van der Waals surface area contributed by atoms with Gasteiger partial charge in [0.2, 0.25) is 0 Å². The Bertz CT molecular complexity index is 2440. The summed E-state index contributed by atoms with van der Waals surface area (Å²) in [6, 6.07) is 48.0. The summed E-state index contributed by atoms with van der Waals surface area (Å²) >= 11 is 1.79. The molecular weight excluding hydrogens is 559 g/mol. The second-order valence-electron chi connectivity index (χ2n) is 10.8. The first-order valence-corrected chi connectivity index (χ1v) is 15.3. The van der Waals surface area contributed by atoms with E-state index < -0.39 is 0 Å². The highest BCUT2D eigenvalue weighted by atomic mass is 32.1. The first kappa shape index (κ1) is 24.9. The SMILES string of the molecule is c1ccc(-c2nc(-c3ccccc3)nc(-c3ccc4c(c3)sc3ccc(-c5cccc6c5oc5ccccc56)cc34)n2)cc1. The van der Waals surface area contributed by atoms with Crippen LogP contribution in [-0.4, -0.2) is 15.0 Å². The molecule has 0 saturated heterocycles. The molecule has 4 nitrogen and oxygen atoms in total. The van der Waals surface area contributed by atoms with E-state index in [9.17, 15) is 0 Å². The Morgan fingerprint density at radius 1 is 0.409 bits per heavy atom. The molecule has 0 N–H and O–H groups in total. The summed E-state index contributed by atoms with van der Waals surface area (Å²) < 4.78 is 8.78. The van der Waals surface area contributed by atoms with Crippen molar-refractivity contribution in [3.05, 3.63) is 140 Å². The molecule has 0 atom stereocenters. The van der Waals surface area contributed by atoms with Crippen LogP contribution in [0.15, 0.2) is 144 Å². The Hall–Kier alpha value is -5.65. The molecule has 0 saturated carbocycles. The molecule has 206 valence electrons. The zero-order chi connectivity index (χ0) is 29.0. The van der Waals surface area contributed by atoms with E-state index in [-0.39, 0.29) is 0 Å². The number of para-hydroxylation sites is 2. The van der Waals surface area contributed by atoms with Crippen molar-refractivity contribution in [3.63, 3.8) is 0 Å². The van der Waals surface area contributed by atoms with Gasteiger partial charge in [-0.15, -0.1) is 11.3 Å². The molecule has 3 aromatic heterocycles. The Morgan fingerprint density at radius 2 is 1.05 bits per heavy atom. The largest absolute Gasteiger partial charge is 0.455 e. The normalized spacial score (nSPS) is 11.6. The molecule has 0 aliphatic rings. The maximum Gasteiger partial charge on any atom is 0.164 e. The van der Waals surface area contributed by atoms with Crippen molar-refractivity contribution in [2.45, 2.75) is 0 Å². The van der Waals surface area contributed by atoms with E-state index in [1.54, 1.807) is 11.3 Å². The van der Waals surface area contributed by atoms with Crippen LogP contribution in [0.4, 0.5) is 0 Å². The number of hydrogen-bond donors (Lipinski definition) is 0. The van der Waals surface area contributed by atoms with Gasteiger partial charge in [0.15, 0.2) is 17.5 Å². The van der Waals surface area contributed by atoms with Gasteiger partial charge in [0.25, 0.3) is 0 Å².